The van der Waals surface area contributed by atoms with Crippen molar-refractivity contribution in [2.24, 2.45) is 0 Å². The Morgan fingerprint density at radius 2 is 1.58 bits per heavy atom. The maximum absolute atomic E-state index is 13.8. The van der Waals surface area contributed by atoms with Gasteiger partial charge in [0.1, 0.15) is 5.82 Å². The summed E-state index contributed by atoms with van der Waals surface area (Å²) in [6.07, 6.45) is -4.06. The molecule has 0 atom stereocenters. The molecular weight excluding hydrogens is 260 g/mol. The quantitative estimate of drug-likeness (QED) is 0.585. The standard InChI is InChI=1S/C14H8F4O/c15-13-10(8-19)2-1-3-12(13)9-4-6-11(7-5-9)14(16,17)18/h1-8H. The molecule has 0 aliphatic carbocycles. The molecule has 2 rings (SSSR count). The fraction of sp³-hybridized carbons (Fsp3) is 0.0714. The molecule has 2 aromatic carbocycles. The molecule has 0 saturated heterocycles. The number of carbonyl (C=O) groups excluding carboxylic acids is 1. The Labute approximate surface area is 106 Å². The fourth-order valence-corrected chi connectivity index (χ4v) is 1.70. The molecule has 98 valence electrons. The highest BCUT2D eigenvalue weighted by Gasteiger charge is 2.30. The summed E-state index contributed by atoms with van der Waals surface area (Å²) in [7, 11) is 0. The minimum Gasteiger partial charge on any atom is -0.298 e. The van der Waals surface area contributed by atoms with Crippen LogP contribution in [-0.2, 0) is 6.18 Å². The summed E-state index contributed by atoms with van der Waals surface area (Å²) in [5.41, 5.74) is -0.548. The average molecular weight is 268 g/mol. The predicted molar refractivity (Wildman–Crippen MR) is 62.2 cm³/mol. The second-order valence-electron chi connectivity index (χ2n) is 3.90. The summed E-state index contributed by atoms with van der Waals surface area (Å²) >= 11 is 0. The Hall–Kier alpha value is -2.17. The molecular formula is C14H8F4O. The van der Waals surface area contributed by atoms with Crippen molar-refractivity contribution in [3.05, 3.63) is 59.4 Å². The van der Waals surface area contributed by atoms with Crippen LogP contribution in [0.2, 0.25) is 0 Å². The van der Waals surface area contributed by atoms with Gasteiger partial charge in [0.05, 0.1) is 11.1 Å². The zero-order valence-electron chi connectivity index (χ0n) is 9.54. The number of alkyl halides is 3. The van der Waals surface area contributed by atoms with Crippen LogP contribution in [0.15, 0.2) is 42.5 Å². The van der Waals surface area contributed by atoms with Gasteiger partial charge in [0.25, 0.3) is 0 Å². The van der Waals surface area contributed by atoms with E-state index in [-0.39, 0.29) is 16.7 Å². The van der Waals surface area contributed by atoms with Crippen molar-refractivity contribution >= 4 is 6.29 Å². The van der Waals surface area contributed by atoms with Gasteiger partial charge in [-0.3, -0.25) is 4.79 Å². The van der Waals surface area contributed by atoms with E-state index < -0.39 is 17.6 Å². The van der Waals surface area contributed by atoms with Gasteiger partial charge in [0.15, 0.2) is 6.29 Å². The number of benzene rings is 2. The molecule has 0 saturated carbocycles. The number of hydrogen-bond donors (Lipinski definition) is 0. The summed E-state index contributed by atoms with van der Waals surface area (Å²) in [5, 5.41) is 0. The first-order valence-electron chi connectivity index (χ1n) is 5.35. The van der Waals surface area contributed by atoms with Crippen LogP contribution >= 0.6 is 0 Å². The monoisotopic (exact) mass is 268 g/mol. The number of hydrogen-bond acceptors (Lipinski definition) is 1. The Balaban J connectivity index is 2.46. The number of carbonyl (C=O) groups is 1. The van der Waals surface area contributed by atoms with Gasteiger partial charge in [-0.05, 0) is 23.8 Å². The molecule has 0 fully saturated rings. The lowest BCUT2D eigenvalue weighted by atomic mass is 10.0. The highest BCUT2D eigenvalue weighted by Crippen LogP contribution is 2.31. The normalized spacial score (nSPS) is 11.4. The van der Waals surface area contributed by atoms with E-state index in [1.54, 1.807) is 0 Å². The van der Waals surface area contributed by atoms with E-state index in [0.717, 1.165) is 12.1 Å². The zero-order valence-corrected chi connectivity index (χ0v) is 9.54. The summed E-state index contributed by atoms with van der Waals surface area (Å²) < 4.78 is 51.0. The summed E-state index contributed by atoms with van der Waals surface area (Å²) in [4.78, 5) is 10.6. The summed E-state index contributed by atoms with van der Waals surface area (Å²) in [5.74, 6) is -0.739. The molecule has 0 aliphatic rings. The van der Waals surface area contributed by atoms with Gasteiger partial charge in [-0.25, -0.2) is 4.39 Å². The Kier molecular flexibility index (Phi) is 3.38. The van der Waals surface area contributed by atoms with Crippen LogP contribution in [0.25, 0.3) is 11.1 Å². The van der Waals surface area contributed by atoms with E-state index in [1.807, 2.05) is 0 Å². The molecule has 0 radical (unpaired) electrons. The van der Waals surface area contributed by atoms with Crippen molar-refractivity contribution in [2.45, 2.75) is 6.18 Å². The molecule has 0 aromatic heterocycles. The first kappa shape index (κ1) is 13.3. The minimum atomic E-state index is -4.43. The van der Waals surface area contributed by atoms with Crippen LogP contribution in [0.1, 0.15) is 15.9 Å². The van der Waals surface area contributed by atoms with E-state index in [2.05, 4.69) is 0 Å². The van der Waals surface area contributed by atoms with Gasteiger partial charge >= 0.3 is 6.18 Å². The van der Waals surface area contributed by atoms with Gasteiger partial charge in [-0.2, -0.15) is 13.2 Å². The third-order valence-electron chi connectivity index (χ3n) is 2.68. The molecule has 2 aromatic rings. The first-order chi connectivity index (χ1) is 8.93. The molecule has 5 heteroatoms. The van der Waals surface area contributed by atoms with Crippen molar-refractivity contribution < 1.29 is 22.4 Å². The Bertz CT molecular complexity index is 600. The van der Waals surface area contributed by atoms with Crippen LogP contribution in [0.5, 0.6) is 0 Å². The number of rotatable bonds is 2. The lowest BCUT2D eigenvalue weighted by molar-refractivity contribution is -0.137. The highest BCUT2D eigenvalue weighted by atomic mass is 19.4. The fourth-order valence-electron chi connectivity index (χ4n) is 1.70. The Morgan fingerprint density at radius 1 is 0.947 bits per heavy atom. The minimum absolute atomic E-state index is 0.0957. The number of halogens is 4. The van der Waals surface area contributed by atoms with Gasteiger partial charge in [0.2, 0.25) is 0 Å². The van der Waals surface area contributed by atoms with Crippen molar-refractivity contribution in [3.8, 4) is 11.1 Å². The van der Waals surface area contributed by atoms with E-state index in [4.69, 9.17) is 0 Å². The van der Waals surface area contributed by atoms with Gasteiger partial charge in [-0.1, -0.05) is 24.3 Å². The zero-order chi connectivity index (χ0) is 14.0. The smallest absolute Gasteiger partial charge is 0.298 e. The molecule has 0 bridgehead atoms. The third kappa shape index (κ3) is 2.65. The second-order valence-corrected chi connectivity index (χ2v) is 3.90. The predicted octanol–water partition coefficient (Wildman–Crippen LogP) is 4.32. The van der Waals surface area contributed by atoms with Crippen LogP contribution < -0.4 is 0 Å². The molecule has 0 unspecified atom stereocenters. The molecule has 0 heterocycles. The molecule has 1 nitrogen and oxygen atoms in total. The number of aldehydes is 1. The van der Waals surface area contributed by atoms with Crippen molar-refractivity contribution in [2.75, 3.05) is 0 Å². The molecule has 0 N–H and O–H groups in total. The van der Waals surface area contributed by atoms with Crippen molar-refractivity contribution in [1.82, 2.24) is 0 Å². The average Bonchev–Trinajstić information content (AvgIpc) is 2.38. The van der Waals surface area contributed by atoms with Crippen LogP contribution in [0.3, 0.4) is 0 Å². The highest BCUT2D eigenvalue weighted by molar-refractivity contribution is 5.79. The van der Waals surface area contributed by atoms with Crippen molar-refractivity contribution in [1.29, 1.82) is 0 Å². The summed E-state index contributed by atoms with van der Waals surface area (Å²) in [6.45, 7) is 0. The molecule has 0 aliphatic heterocycles. The van der Waals surface area contributed by atoms with Crippen LogP contribution in [0.4, 0.5) is 17.6 Å². The topological polar surface area (TPSA) is 17.1 Å². The van der Waals surface area contributed by atoms with Gasteiger partial charge in [-0.15, -0.1) is 0 Å². The lowest BCUT2D eigenvalue weighted by Gasteiger charge is -2.09. The third-order valence-corrected chi connectivity index (χ3v) is 2.68. The van der Waals surface area contributed by atoms with E-state index >= 15 is 0 Å². The molecule has 0 spiro atoms. The van der Waals surface area contributed by atoms with Crippen LogP contribution in [-0.4, -0.2) is 6.29 Å². The van der Waals surface area contributed by atoms with E-state index in [1.165, 1.54) is 30.3 Å². The van der Waals surface area contributed by atoms with E-state index in [9.17, 15) is 22.4 Å². The largest absolute Gasteiger partial charge is 0.416 e. The van der Waals surface area contributed by atoms with Gasteiger partial charge < -0.3 is 0 Å². The Morgan fingerprint density at radius 3 is 2.11 bits per heavy atom. The lowest BCUT2D eigenvalue weighted by Crippen LogP contribution is -2.04. The summed E-state index contributed by atoms with van der Waals surface area (Å²) in [6, 6.07) is 8.29. The van der Waals surface area contributed by atoms with E-state index in [0.29, 0.717) is 6.29 Å². The van der Waals surface area contributed by atoms with Gasteiger partial charge in [0, 0.05) is 5.56 Å². The maximum Gasteiger partial charge on any atom is 0.416 e. The SMILES string of the molecule is O=Cc1cccc(-c2ccc(C(F)(F)F)cc2)c1F. The van der Waals surface area contributed by atoms with Crippen LogP contribution in [0, 0.1) is 5.82 Å². The van der Waals surface area contributed by atoms with Crippen molar-refractivity contribution in [3.63, 3.8) is 0 Å². The second kappa shape index (κ2) is 4.84. The molecule has 0 amide bonds. The maximum atomic E-state index is 13.8. The first-order valence-corrected chi connectivity index (χ1v) is 5.35. The molecule has 19 heavy (non-hydrogen) atoms.